The Labute approximate surface area is 178 Å². The maximum Gasteiger partial charge on any atom is 0.234 e. The molecule has 0 radical (unpaired) electrons. The summed E-state index contributed by atoms with van der Waals surface area (Å²) < 4.78 is 12.9. The van der Waals surface area contributed by atoms with Crippen molar-refractivity contribution in [2.24, 2.45) is 0 Å². The van der Waals surface area contributed by atoms with Crippen LogP contribution in [0.4, 0.5) is 5.69 Å². The average molecular weight is 433 g/mol. The SMILES string of the molecule is CCn1c(COc2ccc(Cl)cc2)nnc1SCC(=O)Nc1ccccc1OC. The number of anilines is 1. The fourth-order valence-electron chi connectivity index (χ4n) is 2.59. The minimum atomic E-state index is -0.149. The molecular formula is C20H21ClN4O3S. The van der Waals surface area contributed by atoms with Gasteiger partial charge in [-0.2, -0.15) is 0 Å². The Hall–Kier alpha value is -2.71. The number of nitrogens with one attached hydrogen (secondary N) is 1. The Morgan fingerprint density at radius 1 is 1.17 bits per heavy atom. The van der Waals surface area contributed by atoms with Crippen molar-refractivity contribution in [2.45, 2.75) is 25.2 Å². The average Bonchev–Trinajstić information content (AvgIpc) is 3.14. The molecule has 1 N–H and O–H groups in total. The standard InChI is InChI=1S/C20H21ClN4O3S/c1-3-25-18(12-28-15-10-8-14(21)9-11-15)23-24-20(25)29-13-19(26)22-16-6-4-5-7-17(16)27-2/h4-11H,3,12-13H2,1-2H3,(H,22,26). The second-order valence-electron chi connectivity index (χ2n) is 5.92. The Morgan fingerprint density at radius 2 is 1.93 bits per heavy atom. The van der Waals surface area contributed by atoms with E-state index in [2.05, 4.69) is 15.5 Å². The molecule has 3 rings (SSSR count). The monoisotopic (exact) mass is 432 g/mol. The van der Waals surface area contributed by atoms with Gasteiger partial charge in [0, 0.05) is 11.6 Å². The molecule has 0 aliphatic rings. The summed E-state index contributed by atoms with van der Waals surface area (Å²) in [6.45, 7) is 2.94. The lowest BCUT2D eigenvalue weighted by molar-refractivity contribution is -0.113. The minimum absolute atomic E-state index is 0.149. The van der Waals surface area contributed by atoms with Crippen LogP contribution in [0.5, 0.6) is 11.5 Å². The molecule has 0 saturated heterocycles. The van der Waals surface area contributed by atoms with E-state index in [1.54, 1.807) is 43.5 Å². The van der Waals surface area contributed by atoms with Crippen LogP contribution in [0.3, 0.4) is 0 Å². The normalized spacial score (nSPS) is 10.6. The van der Waals surface area contributed by atoms with Crippen molar-refractivity contribution in [2.75, 3.05) is 18.2 Å². The third kappa shape index (κ3) is 5.65. The molecule has 1 aromatic heterocycles. The number of rotatable bonds is 9. The molecule has 9 heteroatoms. The van der Waals surface area contributed by atoms with Gasteiger partial charge >= 0.3 is 0 Å². The molecule has 0 spiro atoms. The first kappa shape index (κ1) is 21.0. The van der Waals surface area contributed by atoms with Crippen LogP contribution in [0.15, 0.2) is 53.7 Å². The number of amides is 1. The fourth-order valence-corrected chi connectivity index (χ4v) is 3.54. The predicted molar refractivity (Wildman–Crippen MR) is 114 cm³/mol. The van der Waals surface area contributed by atoms with Gasteiger partial charge in [0.2, 0.25) is 5.91 Å². The van der Waals surface area contributed by atoms with Gasteiger partial charge in [-0.3, -0.25) is 4.79 Å². The zero-order valence-electron chi connectivity index (χ0n) is 16.1. The zero-order chi connectivity index (χ0) is 20.6. The summed E-state index contributed by atoms with van der Waals surface area (Å²) in [5.74, 6) is 2.06. The molecule has 0 aliphatic carbocycles. The highest BCUT2D eigenvalue weighted by molar-refractivity contribution is 7.99. The fraction of sp³-hybridized carbons (Fsp3) is 0.250. The highest BCUT2D eigenvalue weighted by atomic mass is 35.5. The van der Waals surface area contributed by atoms with Gasteiger partial charge in [0.15, 0.2) is 11.0 Å². The highest BCUT2D eigenvalue weighted by Crippen LogP contribution is 2.24. The van der Waals surface area contributed by atoms with E-state index in [0.29, 0.717) is 39.7 Å². The van der Waals surface area contributed by atoms with E-state index < -0.39 is 0 Å². The summed E-state index contributed by atoms with van der Waals surface area (Å²) in [6.07, 6.45) is 0. The number of aromatic nitrogens is 3. The van der Waals surface area contributed by atoms with Crippen molar-refractivity contribution >= 4 is 35.0 Å². The van der Waals surface area contributed by atoms with E-state index >= 15 is 0 Å². The number of benzene rings is 2. The van der Waals surface area contributed by atoms with Crippen LogP contribution in [0.1, 0.15) is 12.7 Å². The van der Waals surface area contributed by atoms with Crippen LogP contribution < -0.4 is 14.8 Å². The second kappa shape index (κ2) is 10.2. The molecule has 0 bridgehead atoms. The van der Waals surface area contributed by atoms with Gasteiger partial charge in [0.05, 0.1) is 18.6 Å². The summed E-state index contributed by atoms with van der Waals surface area (Å²) in [6, 6.07) is 14.4. The summed E-state index contributed by atoms with van der Waals surface area (Å²) >= 11 is 7.20. The molecular weight excluding hydrogens is 412 g/mol. The summed E-state index contributed by atoms with van der Waals surface area (Å²) in [4.78, 5) is 12.3. The molecule has 0 atom stereocenters. The number of carbonyl (C=O) groups excluding carboxylic acids is 1. The molecule has 0 aliphatic heterocycles. The number of nitrogens with zero attached hydrogens (tertiary/aromatic N) is 3. The van der Waals surface area contributed by atoms with Crippen molar-refractivity contribution in [3.8, 4) is 11.5 Å². The highest BCUT2D eigenvalue weighted by Gasteiger charge is 2.14. The van der Waals surface area contributed by atoms with E-state index in [9.17, 15) is 4.79 Å². The van der Waals surface area contributed by atoms with Gasteiger partial charge in [0.1, 0.15) is 18.1 Å². The minimum Gasteiger partial charge on any atom is -0.495 e. The zero-order valence-corrected chi connectivity index (χ0v) is 17.7. The molecule has 0 saturated carbocycles. The number of thioether (sulfide) groups is 1. The van der Waals surface area contributed by atoms with Gasteiger partial charge in [-0.25, -0.2) is 0 Å². The van der Waals surface area contributed by atoms with Gasteiger partial charge in [-0.1, -0.05) is 35.5 Å². The quantitative estimate of drug-likeness (QED) is 0.509. The van der Waals surface area contributed by atoms with Gasteiger partial charge < -0.3 is 19.4 Å². The molecule has 0 fully saturated rings. The third-order valence-electron chi connectivity index (χ3n) is 4.00. The molecule has 152 valence electrons. The lowest BCUT2D eigenvalue weighted by Gasteiger charge is -2.10. The first-order chi connectivity index (χ1) is 14.1. The molecule has 1 amide bonds. The van der Waals surface area contributed by atoms with Crippen LogP contribution >= 0.6 is 23.4 Å². The van der Waals surface area contributed by atoms with E-state index in [1.165, 1.54) is 11.8 Å². The van der Waals surface area contributed by atoms with Crippen LogP contribution in [0, 0.1) is 0 Å². The summed E-state index contributed by atoms with van der Waals surface area (Å²) in [5.41, 5.74) is 0.634. The van der Waals surface area contributed by atoms with Crippen LogP contribution in [0.25, 0.3) is 0 Å². The predicted octanol–water partition coefficient (Wildman–Crippen LogP) is 4.27. The number of ether oxygens (including phenoxy) is 2. The van der Waals surface area contributed by atoms with Crippen molar-refractivity contribution < 1.29 is 14.3 Å². The topological polar surface area (TPSA) is 78.3 Å². The largest absolute Gasteiger partial charge is 0.495 e. The van der Waals surface area contributed by atoms with E-state index in [4.69, 9.17) is 21.1 Å². The first-order valence-corrected chi connectivity index (χ1v) is 10.3. The van der Waals surface area contributed by atoms with Gasteiger partial charge in [0.25, 0.3) is 0 Å². The molecule has 2 aromatic carbocycles. The Bertz CT molecular complexity index is 963. The lowest BCUT2D eigenvalue weighted by Crippen LogP contribution is -2.15. The van der Waals surface area contributed by atoms with Crippen molar-refractivity contribution in [1.82, 2.24) is 14.8 Å². The van der Waals surface area contributed by atoms with Crippen molar-refractivity contribution in [3.63, 3.8) is 0 Å². The Morgan fingerprint density at radius 3 is 2.66 bits per heavy atom. The molecule has 1 heterocycles. The van der Waals surface area contributed by atoms with Crippen LogP contribution in [-0.4, -0.2) is 33.5 Å². The third-order valence-corrected chi connectivity index (χ3v) is 5.22. The van der Waals surface area contributed by atoms with Crippen molar-refractivity contribution in [1.29, 1.82) is 0 Å². The second-order valence-corrected chi connectivity index (χ2v) is 7.30. The number of hydrogen-bond acceptors (Lipinski definition) is 6. The van der Waals surface area contributed by atoms with E-state index in [-0.39, 0.29) is 18.3 Å². The molecule has 29 heavy (non-hydrogen) atoms. The smallest absolute Gasteiger partial charge is 0.234 e. The van der Waals surface area contributed by atoms with Crippen LogP contribution in [-0.2, 0) is 17.9 Å². The Kier molecular flexibility index (Phi) is 7.37. The van der Waals surface area contributed by atoms with Crippen LogP contribution in [0.2, 0.25) is 5.02 Å². The molecule has 7 nitrogen and oxygen atoms in total. The number of carbonyl (C=O) groups is 1. The number of methoxy groups -OCH3 is 1. The lowest BCUT2D eigenvalue weighted by atomic mass is 10.3. The number of hydrogen-bond donors (Lipinski definition) is 1. The Balaban J connectivity index is 1.58. The van der Waals surface area contributed by atoms with Gasteiger partial charge in [-0.15, -0.1) is 10.2 Å². The first-order valence-electron chi connectivity index (χ1n) is 8.96. The number of para-hydroxylation sites is 2. The summed E-state index contributed by atoms with van der Waals surface area (Å²) in [7, 11) is 1.57. The van der Waals surface area contributed by atoms with E-state index in [0.717, 1.165) is 0 Å². The maximum absolute atomic E-state index is 12.3. The molecule has 3 aromatic rings. The molecule has 0 unspecified atom stereocenters. The number of halogens is 1. The van der Waals surface area contributed by atoms with E-state index in [1.807, 2.05) is 23.6 Å². The van der Waals surface area contributed by atoms with Crippen molar-refractivity contribution in [3.05, 3.63) is 59.4 Å². The van der Waals surface area contributed by atoms with Gasteiger partial charge in [-0.05, 0) is 43.3 Å². The maximum atomic E-state index is 12.3. The summed E-state index contributed by atoms with van der Waals surface area (Å²) in [5, 5.41) is 12.6.